The Morgan fingerprint density at radius 3 is 2.64 bits per heavy atom. The molecule has 1 aromatic heterocycles. The summed E-state index contributed by atoms with van der Waals surface area (Å²) in [5.74, 6) is 0. The first kappa shape index (κ1) is 21.4. The van der Waals surface area contributed by atoms with Crippen LogP contribution in [0.15, 0.2) is 47.5 Å². The number of likely N-dealkylation sites (N-methyl/N-ethyl adjacent to an activating group) is 1. The molecule has 2 heterocycles. The third-order valence-corrected chi connectivity index (χ3v) is 6.76. The predicted octanol–water partition coefficient (Wildman–Crippen LogP) is 1.99. The zero-order valence-corrected chi connectivity index (χ0v) is 19.3. The number of nitrogens with zero attached hydrogens (tertiary/aromatic N) is 3. The van der Waals surface area contributed by atoms with Crippen LogP contribution < -0.4 is 10.5 Å². The highest BCUT2D eigenvalue weighted by molar-refractivity contribution is 14.1. The van der Waals surface area contributed by atoms with Crippen LogP contribution >= 0.6 is 34.8 Å². The van der Waals surface area contributed by atoms with Gasteiger partial charge in [0.25, 0.3) is 0 Å². The molecule has 28 heavy (non-hydrogen) atoms. The number of aromatic nitrogens is 1. The molecule has 0 unspecified atom stereocenters. The van der Waals surface area contributed by atoms with Gasteiger partial charge in [-0.2, -0.15) is 0 Å². The van der Waals surface area contributed by atoms with Gasteiger partial charge in [0.15, 0.2) is 5.11 Å². The third-order valence-electron chi connectivity index (χ3n) is 4.85. The lowest BCUT2D eigenvalue weighted by atomic mass is 10.2. The fourth-order valence-corrected chi connectivity index (χ4v) is 4.33. The first-order chi connectivity index (χ1) is 13.1. The van der Waals surface area contributed by atoms with E-state index < -0.39 is 10.0 Å². The van der Waals surface area contributed by atoms with Crippen LogP contribution in [0, 0.1) is 3.57 Å². The monoisotopic (exact) mass is 532 g/mol. The number of thiocarbonyl (C=S) groups is 1. The lowest BCUT2D eigenvalue weighted by Gasteiger charge is -2.42. The Morgan fingerprint density at radius 1 is 1.32 bits per heavy atom. The summed E-state index contributed by atoms with van der Waals surface area (Å²) in [7, 11) is -1.50. The molecule has 2 aromatic rings. The van der Waals surface area contributed by atoms with Gasteiger partial charge in [-0.05, 0) is 65.1 Å². The van der Waals surface area contributed by atoms with Crippen LogP contribution in [-0.4, -0.2) is 61.1 Å². The normalized spacial score (nSPS) is 16.6. The number of rotatable bonds is 4. The van der Waals surface area contributed by atoms with Crippen LogP contribution in [-0.2, 0) is 16.6 Å². The summed E-state index contributed by atoms with van der Waals surface area (Å²) in [6.07, 6.45) is 1.90. The highest BCUT2D eigenvalue weighted by Gasteiger charge is 2.30. The summed E-state index contributed by atoms with van der Waals surface area (Å²) < 4.78 is 25.1. The molecule has 1 aromatic carbocycles. The third kappa shape index (κ3) is 5.60. The summed E-state index contributed by atoms with van der Waals surface area (Å²) in [5, 5.41) is 8.91. The molecule has 3 rings (SSSR count). The first-order valence-electron chi connectivity index (χ1n) is 8.77. The Bertz CT molecular complexity index is 958. The van der Waals surface area contributed by atoms with E-state index in [1.54, 1.807) is 12.1 Å². The maximum absolute atomic E-state index is 11.5. The van der Waals surface area contributed by atoms with Gasteiger partial charge < -0.3 is 14.7 Å². The van der Waals surface area contributed by atoms with Crippen LogP contribution in [0.4, 0.5) is 5.69 Å². The SMILES string of the molecule is C[N+]1(Cc2ccc(I)cn2)CCN(C(=S)Nc2cccc(S(N)(=O)=O)c2)CC1. The number of sulfonamides is 1. The summed E-state index contributed by atoms with van der Waals surface area (Å²) in [4.78, 5) is 6.70. The second-order valence-corrected chi connectivity index (χ2v) is 10.4. The molecule has 0 amide bonds. The van der Waals surface area contributed by atoms with E-state index >= 15 is 0 Å². The molecule has 150 valence electrons. The van der Waals surface area contributed by atoms with Crippen LogP contribution in [0.3, 0.4) is 0 Å². The Balaban J connectivity index is 1.58. The number of pyridine rings is 1. The molecule has 1 saturated heterocycles. The van der Waals surface area contributed by atoms with Crippen molar-refractivity contribution in [2.45, 2.75) is 11.4 Å². The maximum atomic E-state index is 11.5. The Hall–Kier alpha value is -1.34. The Labute approximate surface area is 184 Å². The van der Waals surface area contributed by atoms with E-state index in [2.05, 4.69) is 57.0 Å². The number of benzene rings is 1. The molecular formula is C18H23IN5O2S2+. The second-order valence-electron chi connectivity index (χ2n) is 7.18. The topological polar surface area (TPSA) is 88.3 Å². The number of hydrogen-bond donors (Lipinski definition) is 2. The molecule has 0 aliphatic carbocycles. The first-order valence-corrected chi connectivity index (χ1v) is 11.8. The quantitative estimate of drug-likeness (QED) is 0.356. The molecule has 0 spiro atoms. The van der Waals surface area contributed by atoms with E-state index in [-0.39, 0.29) is 4.90 Å². The number of piperazine rings is 1. The molecule has 1 aliphatic heterocycles. The van der Waals surface area contributed by atoms with Gasteiger partial charge in [-0.1, -0.05) is 6.07 Å². The largest absolute Gasteiger partial charge is 0.338 e. The van der Waals surface area contributed by atoms with Gasteiger partial charge in [0.1, 0.15) is 6.54 Å². The summed E-state index contributed by atoms with van der Waals surface area (Å²) in [5.41, 5.74) is 1.71. The number of anilines is 1. The second kappa shape index (κ2) is 8.57. The zero-order chi connectivity index (χ0) is 20.4. The van der Waals surface area contributed by atoms with E-state index in [4.69, 9.17) is 17.4 Å². The van der Waals surface area contributed by atoms with Gasteiger partial charge >= 0.3 is 0 Å². The van der Waals surface area contributed by atoms with E-state index in [0.29, 0.717) is 10.8 Å². The fraction of sp³-hybridized carbons (Fsp3) is 0.333. The lowest BCUT2D eigenvalue weighted by molar-refractivity contribution is -0.926. The van der Waals surface area contributed by atoms with Crippen LogP contribution in [0.1, 0.15) is 5.69 Å². The highest BCUT2D eigenvalue weighted by Crippen LogP contribution is 2.18. The van der Waals surface area contributed by atoms with Gasteiger partial charge in [-0.15, -0.1) is 0 Å². The molecule has 3 N–H and O–H groups in total. The zero-order valence-electron chi connectivity index (χ0n) is 15.5. The predicted molar refractivity (Wildman–Crippen MR) is 122 cm³/mol. The van der Waals surface area contributed by atoms with E-state index in [0.717, 1.165) is 46.5 Å². The molecule has 10 heteroatoms. The Morgan fingerprint density at radius 2 is 2.04 bits per heavy atom. The van der Waals surface area contributed by atoms with Gasteiger partial charge in [-0.25, -0.2) is 13.6 Å². The number of hydrogen-bond acceptors (Lipinski definition) is 4. The molecule has 0 radical (unpaired) electrons. The summed E-state index contributed by atoms with van der Waals surface area (Å²) in [6, 6.07) is 10.5. The van der Waals surface area contributed by atoms with Crippen LogP contribution in [0.25, 0.3) is 0 Å². The van der Waals surface area contributed by atoms with Crippen LogP contribution in [0.2, 0.25) is 0 Å². The van der Waals surface area contributed by atoms with Gasteiger partial charge in [0, 0.05) is 15.5 Å². The van der Waals surface area contributed by atoms with Crippen molar-refractivity contribution in [1.82, 2.24) is 9.88 Å². The molecular weight excluding hydrogens is 509 g/mol. The van der Waals surface area contributed by atoms with Gasteiger partial charge in [-0.3, -0.25) is 4.98 Å². The molecule has 1 aliphatic rings. The van der Waals surface area contributed by atoms with Crippen molar-refractivity contribution in [1.29, 1.82) is 0 Å². The van der Waals surface area contributed by atoms with E-state index in [1.165, 1.54) is 12.1 Å². The number of quaternary nitrogens is 1. The molecule has 0 bridgehead atoms. The van der Waals surface area contributed by atoms with Crippen molar-refractivity contribution in [3.63, 3.8) is 0 Å². The Kier molecular flexibility index (Phi) is 6.54. The molecule has 0 saturated carbocycles. The van der Waals surface area contributed by atoms with Crippen molar-refractivity contribution in [3.8, 4) is 0 Å². The average molecular weight is 532 g/mol. The summed E-state index contributed by atoms with van der Waals surface area (Å²) in [6.45, 7) is 4.43. The van der Waals surface area contributed by atoms with Crippen molar-refractivity contribution in [2.75, 3.05) is 38.5 Å². The summed E-state index contributed by atoms with van der Waals surface area (Å²) >= 11 is 7.79. The van der Waals surface area contributed by atoms with Gasteiger partial charge in [0.05, 0.1) is 43.8 Å². The minimum absolute atomic E-state index is 0.0632. The highest BCUT2D eigenvalue weighted by atomic mass is 127. The standard InChI is InChI=1S/C18H22IN5O2S2/c1-24(13-16-6-5-14(19)12-21-16)9-7-23(8-10-24)18(27)22-15-3-2-4-17(11-15)28(20,25)26/h2-6,11-12H,7-10,13H2,1H3,(H2-,20,22,25,26,27)/p+1. The molecule has 7 nitrogen and oxygen atoms in total. The number of nitrogens with one attached hydrogen (secondary N) is 1. The van der Waals surface area contributed by atoms with E-state index in [9.17, 15) is 8.42 Å². The van der Waals surface area contributed by atoms with E-state index in [1.807, 2.05) is 6.20 Å². The number of primary sulfonamides is 1. The lowest BCUT2D eigenvalue weighted by Crippen LogP contribution is -2.58. The number of nitrogens with two attached hydrogens (primary N) is 1. The maximum Gasteiger partial charge on any atom is 0.238 e. The van der Waals surface area contributed by atoms with Gasteiger partial charge in [0.2, 0.25) is 10.0 Å². The minimum Gasteiger partial charge on any atom is -0.338 e. The smallest absolute Gasteiger partial charge is 0.238 e. The minimum atomic E-state index is -3.74. The van der Waals surface area contributed by atoms with Crippen molar-refractivity contribution >= 4 is 55.6 Å². The number of halogens is 1. The average Bonchev–Trinajstić information content (AvgIpc) is 2.63. The molecule has 1 fully saturated rings. The molecule has 0 atom stereocenters. The van der Waals surface area contributed by atoms with Crippen molar-refractivity contribution < 1.29 is 12.9 Å². The van der Waals surface area contributed by atoms with Crippen molar-refractivity contribution in [2.24, 2.45) is 5.14 Å². The van der Waals surface area contributed by atoms with Crippen LogP contribution in [0.5, 0.6) is 0 Å². The fourth-order valence-electron chi connectivity index (χ4n) is 3.15. The van der Waals surface area contributed by atoms with Crippen molar-refractivity contribution in [3.05, 3.63) is 51.9 Å².